The van der Waals surface area contributed by atoms with Crippen LogP contribution in [0.25, 0.3) is 0 Å². The second kappa shape index (κ2) is 7.28. The van der Waals surface area contributed by atoms with Crippen molar-refractivity contribution < 1.29 is 22.4 Å². The molecule has 0 saturated carbocycles. The number of rotatable bonds is 3. The van der Waals surface area contributed by atoms with Gasteiger partial charge >= 0.3 is 6.18 Å². The Labute approximate surface area is 153 Å². The molecule has 3 unspecified atom stereocenters. The van der Waals surface area contributed by atoms with E-state index >= 15 is 0 Å². The van der Waals surface area contributed by atoms with Crippen molar-refractivity contribution in [1.82, 2.24) is 5.32 Å². The zero-order valence-corrected chi connectivity index (χ0v) is 14.3. The summed E-state index contributed by atoms with van der Waals surface area (Å²) in [6.45, 7) is 0.384. The maximum absolute atomic E-state index is 13.8. The van der Waals surface area contributed by atoms with Gasteiger partial charge in [0, 0.05) is 12.5 Å². The topological polar surface area (TPSA) is 41.1 Å². The summed E-state index contributed by atoms with van der Waals surface area (Å²) in [6.07, 6.45) is -4.42. The number of alkyl halides is 3. The van der Waals surface area contributed by atoms with E-state index in [1.165, 1.54) is 30.3 Å². The minimum absolute atomic E-state index is 0.0519. The van der Waals surface area contributed by atoms with Gasteiger partial charge in [0.15, 0.2) is 0 Å². The maximum atomic E-state index is 13.8. The summed E-state index contributed by atoms with van der Waals surface area (Å²) in [6, 6.07) is 10.5. The molecule has 1 fully saturated rings. The molecule has 138 valence electrons. The van der Waals surface area contributed by atoms with E-state index in [4.69, 9.17) is 0 Å². The molecule has 0 bridgehead atoms. The molecule has 2 N–H and O–H groups in total. The van der Waals surface area contributed by atoms with Crippen LogP contribution in [0.1, 0.15) is 17.0 Å². The van der Waals surface area contributed by atoms with E-state index in [9.17, 15) is 22.4 Å². The zero-order valence-electron chi connectivity index (χ0n) is 13.4. The SMILES string of the molecule is O=C(Nc1ccccc1F)C1C(S)NCC1c1ccc(C(F)(F)F)cc1. The molecular weight excluding hydrogens is 368 g/mol. The number of thiol groups is 1. The Morgan fingerprint density at radius 1 is 1.12 bits per heavy atom. The standard InChI is InChI=1S/C18H16F4N2OS/c19-13-3-1-2-4-14(13)24-16(25)15-12(9-23-17(15)26)10-5-7-11(8-6-10)18(20,21)22/h1-8,12,15,17,23,26H,9H2,(H,24,25). The van der Waals surface area contributed by atoms with Crippen LogP contribution < -0.4 is 10.6 Å². The van der Waals surface area contributed by atoms with Crippen molar-refractivity contribution in [3.63, 3.8) is 0 Å². The first-order chi connectivity index (χ1) is 12.3. The first-order valence-electron chi connectivity index (χ1n) is 7.91. The van der Waals surface area contributed by atoms with Crippen molar-refractivity contribution >= 4 is 24.2 Å². The molecule has 1 aliphatic rings. The third kappa shape index (κ3) is 3.86. The van der Waals surface area contributed by atoms with Crippen LogP contribution in [0.15, 0.2) is 48.5 Å². The van der Waals surface area contributed by atoms with Crippen molar-refractivity contribution in [1.29, 1.82) is 0 Å². The quantitative estimate of drug-likeness (QED) is 0.552. The van der Waals surface area contributed by atoms with Gasteiger partial charge < -0.3 is 10.6 Å². The number of hydrogen-bond donors (Lipinski definition) is 3. The molecule has 0 aliphatic carbocycles. The molecule has 1 aliphatic heterocycles. The molecule has 0 radical (unpaired) electrons. The fourth-order valence-electron chi connectivity index (χ4n) is 3.07. The maximum Gasteiger partial charge on any atom is 0.416 e. The minimum Gasteiger partial charge on any atom is -0.323 e. The van der Waals surface area contributed by atoms with Gasteiger partial charge in [0.25, 0.3) is 0 Å². The van der Waals surface area contributed by atoms with E-state index < -0.39 is 34.8 Å². The molecule has 8 heteroatoms. The molecule has 0 aromatic heterocycles. The number of nitrogens with one attached hydrogen (secondary N) is 2. The first kappa shape index (κ1) is 18.7. The van der Waals surface area contributed by atoms with E-state index in [2.05, 4.69) is 23.3 Å². The number of carbonyl (C=O) groups excluding carboxylic acids is 1. The van der Waals surface area contributed by atoms with Gasteiger partial charge in [-0.25, -0.2) is 4.39 Å². The van der Waals surface area contributed by atoms with E-state index in [1.54, 1.807) is 6.07 Å². The summed E-state index contributed by atoms with van der Waals surface area (Å²) >= 11 is 4.35. The van der Waals surface area contributed by atoms with E-state index in [0.717, 1.165) is 12.1 Å². The molecular formula is C18H16F4N2OS. The van der Waals surface area contributed by atoms with Gasteiger partial charge in [-0.15, -0.1) is 0 Å². The summed E-state index contributed by atoms with van der Waals surface area (Å²) in [7, 11) is 0. The van der Waals surface area contributed by atoms with Crippen molar-refractivity contribution in [3.8, 4) is 0 Å². The predicted molar refractivity (Wildman–Crippen MR) is 93.5 cm³/mol. The van der Waals surface area contributed by atoms with Gasteiger partial charge in [-0.3, -0.25) is 4.79 Å². The molecule has 3 nitrogen and oxygen atoms in total. The Balaban J connectivity index is 1.81. The highest BCUT2D eigenvalue weighted by atomic mass is 32.1. The van der Waals surface area contributed by atoms with Gasteiger partial charge in [-0.1, -0.05) is 24.3 Å². The molecule has 1 amide bonds. The summed E-state index contributed by atoms with van der Waals surface area (Å²) in [5.41, 5.74) is -0.103. The highest BCUT2D eigenvalue weighted by Gasteiger charge is 2.40. The number of amides is 1. The number of hydrogen-bond acceptors (Lipinski definition) is 3. The van der Waals surface area contributed by atoms with Gasteiger partial charge in [-0.2, -0.15) is 25.8 Å². The van der Waals surface area contributed by atoms with Crippen molar-refractivity contribution in [2.45, 2.75) is 17.5 Å². The molecule has 0 spiro atoms. The number of carbonyl (C=O) groups is 1. The Bertz CT molecular complexity index is 795. The summed E-state index contributed by atoms with van der Waals surface area (Å²) in [5, 5.41) is 5.08. The van der Waals surface area contributed by atoms with Crippen molar-refractivity contribution in [3.05, 3.63) is 65.5 Å². The van der Waals surface area contributed by atoms with Gasteiger partial charge in [-0.05, 0) is 29.8 Å². The van der Waals surface area contributed by atoms with Crippen LogP contribution in [0.5, 0.6) is 0 Å². The summed E-state index contributed by atoms with van der Waals surface area (Å²) < 4.78 is 51.9. The normalized spacial score (nSPS) is 23.0. The molecule has 3 rings (SSSR count). The lowest BCUT2D eigenvalue weighted by atomic mass is 9.87. The monoisotopic (exact) mass is 384 g/mol. The molecule has 2 aromatic rings. The van der Waals surface area contributed by atoms with Crippen LogP contribution in [0.4, 0.5) is 23.2 Å². The predicted octanol–water partition coefficient (Wildman–Crippen LogP) is 4.04. The number of anilines is 1. The Morgan fingerprint density at radius 2 is 1.77 bits per heavy atom. The average Bonchev–Trinajstić information content (AvgIpc) is 2.98. The van der Waals surface area contributed by atoms with E-state index in [0.29, 0.717) is 12.1 Å². The molecule has 2 aromatic carbocycles. The zero-order chi connectivity index (χ0) is 18.9. The van der Waals surface area contributed by atoms with Crippen molar-refractivity contribution in [2.24, 2.45) is 5.92 Å². The highest BCUT2D eigenvalue weighted by Crippen LogP contribution is 2.36. The smallest absolute Gasteiger partial charge is 0.323 e. The lowest BCUT2D eigenvalue weighted by molar-refractivity contribution is -0.137. The van der Waals surface area contributed by atoms with Gasteiger partial charge in [0.1, 0.15) is 5.82 Å². The number of para-hydroxylation sites is 1. The van der Waals surface area contributed by atoms with Crippen LogP contribution in [0.2, 0.25) is 0 Å². The Kier molecular flexibility index (Phi) is 5.24. The molecule has 3 atom stereocenters. The fraction of sp³-hybridized carbons (Fsp3) is 0.278. The number of halogens is 4. The molecule has 26 heavy (non-hydrogen) atoms. The second-order valence-corrected chi connectivity index (χ2v) is 6.63. The lowest BCUT2D eigenvalue weighted by Gasteiger charge is -2.21. The minimum atomic E-state index is -4.42. The van der Waals surface area contributed by atoms with E-state index in [-0.39, 0.29) is 11.6 Å². The van der Waals surface area contributed by atoms with Crippen LogP contribution in [-0.2, 0) is 11.0 Å². The van der Waals surface area contributed by atoms with Crippen LogP contribution in [-0.4, -0.2) is 17.8 Å². The largest absolute Gasteiger partial charge is 0.416 e. The molecule has 1 heterocycles. The summed E-state index contributed by atoms with van der Waals surface area (Å²) in [4.78, 5) is 12.6. The average molecular weight is 384 g/mol. The first-order valence-corrected chi connectivity index (χ1v) is 8.43. The lowest BCUT2D eigenvalue weighted by Crippen LogP contribution is -2.32. The fourth-order valence-corrected chi connectivity index (χ4v) is 3.52. The third-order valence-electron chi connectivity index (χ3n) is 4.42. The van der Waals surface area contributed by atoms with Crippen LogP contribution in [0, 0.1) is 11.7 Å². The Hall–Kier alpha value is -2.06. The number of benzene rings is 2. The van der Waals surface area contributed by atoms with Crippen LogP contribution >= 0.6 is 12.6 Å². The molecule has 1 saturated heterocycles. The van der Waals surface area contributed by atoms with Gasteiger partial charge in [0.05, 0.1) is 22.5 Å². The highest BCUT2D eigenvalue weighted by molar-refractivity contribution is 7.81. The van der Waals surface area contributed by atoms with Crippen LogP contribution in [0.3, 0.4) is 0 Å². The second-order valence-electron chi connectivity index (χ2n) is 6.07. The van der Waals surface area contributed by atoms with E-state index in [1.807, 2.05) is 0 Å². The third-order valence-corrected chi connectivity index (χ3v) is 4.92. The Morgan fingerprint density at radius 3 is 2.38 bits per heavy atom. The van der Waals surface area contributed by atoms with Gasteiger partial charge in [0.2, 0.25) is 5.91 Å². The van der Waals surface area contributed by atoms with Crippen molar-refractivity contribution in [2.75, 3.05) is 11.9 Å². The summed E-state index contributed by atoms with van der Waals surface area (Å²) in [5.74, 6) is -2.03.